The minimum Gasteiger partial charge on any atom is -0.372 e. The Bertz CT molecular complexity index is 581. The van der Waals surface area contributed by atoms with Gasteiger partial charge in [0, 0.05) is 25.3 Å². The van der Waals surface area contributed by atoms with Crippen LogP contribution in [0.25, 0.3) is 5.69 Å². The van der Waals surface area contributed by atoms with E-state index in [2.05, 4.69) is 46.4 Å². The van der Waals surface area contributed by atoms with E-state index in [1.165, 1.54) is 31.6 Å². The van der Waals surface area contributed by atoms with Crippen LogP contribution in [0.5, 0.6) is 0 Å². The fourth-order valence-corrected chi connectivity index (χ4v) is 2.97. The first-order valence-electron chi connectivity index (χ1n) is 7.82. The molecule has 5 heteroatoms. The molecule has 2 aromatic rings. The summed E-state index contributed by atoms with van der Waals surface area (Å²) < 4.78 is 1.93. The largest absolute Gasteiger partial charge is 0.372 e. The second-order valence-corrected chi connectivity index (χ2v) is 5.56. The van der Waals surface area contributed by atoms with Crippen molar-refractivity contribution in [2.24, 2.45) is 5.73 Å². The summed E-state index contributed by atoms with van der Waals surface area (Å²) in [5.41, 5.74) is 10.2. The van der Waals surface area contributed by atoms with E-state index in [4.69, 9.17) is 5.73 Å². The van der Waals surface area contributed by atoms with Crippen molar-refractivity contribution in [2.75, 3.05) is 18.0 Å². The van der Waals surface area contributed by atoms with Gasteiger partial charge in [-0.1, -0.05) is 18.6 Å². The molecule has 1 fully saturated rings. The lowest BCUT2D eigenvalue weighted by Crippen LogP contribution is -2.17. The predicted octanol–water partition coefficient (Wildman–Crippen LogP) is 2.28. The van der Waals surface area contributed by atoms with E-state index in [0.717, 1.165) is 29.9 Å². The van der Waals surface area contributed by atoms with Crippen molar-refractivity contribution in [2.45, 2.75) is 39.2 Å². The van der Waals surface area contributed by atoms with Crippen LogP contribution in [0.3, 0.4) is 0 Å². The van der Waals surface area contributed by atoms with E-state index in [-0.39, 0.29) is 0 Å². The van der Waals surface area contributed by atoms with Gasteiger partial charge in [-0.2, -0.15) is 0 Å². The van der Waals surface area contributed by atoms with Gasteiger partial charge in [0.2, 0.25) is 0 Å². The van der Waals surface area contributed by atoms with E-state index < -0.39 is 0 Å². The van der Waals surface area contributed by atoms with Gasteiger partial charge in [0.1, 0.15) is 0 Å². The number of hydrogen-bond donors (Lipinski definition) is 1. The van der Waals surface area contributed by atoms with E-state index in [0.29, 0.717) is 6.54 Å². The lowest BCUT2D eigenvalue weighted by Gasteiger charge is -2.18. The highest BCUT2D eigenvalue weighted by molar-refractivity contribution is 5.51. The van der Waals surface area contributed by atoms with Crippen LogP contribution >= 0.6 is 0 Å². The SMILES string of the molecule is CCCc1c(CN)nnn1-c1ccc(N2CCCC2)cc1. The van der Waals surface area contributed by atoms with Crippen molar-refractivity contribution in [3.63, 3.8) is 0 Å². The fraction of sp³-hybridized carbons (Fsp3) is 0.500. The van der Waals surface area contributed by atoms with E-state index >= 15 is 0 Å². The van der Waals surface area contributed by atoms with E-state index in [1.54, 1.807) is 0 Å². The minimum absolute atomic E-state index is 0.446. The van der Waals surface area contributed by atoms with E-state index in [1.807, 2.05) is 4.68 Å². The second-order valence-electron chi connectivity index (χ2n) is 5.56. The molecule has 1 aromatic carbocycles. The molecule has 112 valence electrons. The van der Waals surface area contributed by atoms with Crippen LogP contribution in [0.4, 0.5) is 5.69 Å². The van der Waals surface area contributed by atoms with Gasteiger partial charge < -0.3 is 10.6 Å². The van der Waals surface area contributed by atoms with E-state index in [9.17, 15) is 0 Å². The summed E-state index contributed by atoms with van der Waals surface area (Å²) in [5.74, 6) is 0. The maximum Gasteiger partial charge on any atom is 0.0999 e. The molecule has 1 aromatic heterocycles. The molecule has 0 amide bonds. The first kappa shape index (κ1) is 14.1. The molecule has 0 unspecified atom stereocenters. The molecule has 1 aliphatic rings. The van der Waals surface area contributed by atoms with Gasteiger partial charge in [-0.25, -0.2) is 4.68 Å². The number of hydrogen-bond acceptors (Lipinski definition) is 4. The average molecular weight is 285 g/mol. The summed E-state index contributed by atoms with van der Waals surface area (Å²) in [4.78, 5) is 2.43. The first-order chi connectivity index (χ1) is 10.3. The summed E-state index contributed by atoms with van der Waals surface area (Å²) >= 11 is 0. The molecule has 0 spiro atoms. The molecule has 5 nitrogen and oxygen atoms in total. The molecule has 1 aliphatic heterocycles. The van der Waals surface area contributed by atoms with Crippen molar-refractivity contribution < 1.29 is 0 Å². The van der Waals surface area contributed by atoms with Gasteiger partial charge in [-0.05, 0) is 43.5 Å². The molecule has 0 bridgehead atoms. The molecular formula is C16H23N5. The van der Waals surface area contributed by atoms with Crippen LogP contribution in [0.2, 0.25) is 0 Å². The predicted molar refractivity (Wildman–Crippen MR) is 84.7 cm³/mol. The standard InChI is InChI=1S/C16H23N5/c1-2-5-16-15(12-17)18-19-21(16)14-8-6-13(7-9-14)20-10-3-4-11-20/h6-9H,2-5,10-12,17H2,1H3. The molecular weight excluding hydrogens is 262 g/mol. The first-order valence-corrected chi connectivity index (χ1v) is 7.82. The van der Waals surface area contributed by atoms with Gasteiger partial charge in [0.25, 0.3) is 0 Å². The summed E-state index contributed by atoms with van der Waals surface area (Å²) in [5, 5.41) is 8.48. The molecule has 0 aliphatic carbocycles. The number of aromatic nitrogens is 3. The Kier molecular flexibility index (Phi) is 4.20. The molecule has 0 saturated carbocycles. The third kappa shape index (κ3) is 2.78. The number of nitrogens with zero attached hydrogens (tertiary/aromatic N) is 4. The zero-order chi connectivity index (χ0) is 14.7. The molecule has 2 heterocycles. The van der Waals surface area contributed by atoms with Gasteiger partial charge >= 0.3 is 0 Å². The van der Waals surface area contributed by atoms with Crippen molar-refractivity contribution in [1.82, 2.24) is 15.0 Å². The average Bonchev–Trinajstić information content (AvgIpc) is 3.17. The topological polar surface area (TPSA) is 60.0 Å². The lowest BCUT2D eigenvalue weighted by molar-refractivity contribution is 0.745. The molecule has 0 atom stereocenters. The third-order valence-corrected chi connectivity index (χ3v) is 4.09. The van der Waals surface area contributed by atoms with Crippen molar-refractivity contribution in [3.8, 4) is 5.69 Å². The summed E-state index contributed by atoms with van der Waals surface area (Å²) in [6.07, 6.45) is 4.61. The van der Waals surface area contributed by atoms with Crippen LogP contribution in [0.1, 0.15) is 37.6 Å². The molecule has 3 rings (SSSR count). The van der Waals surface area contributed by atoms with Crippen LogP contribution < -0.4 is 10.6 Å². The Morgan fingerprint density at radius 3 is 2.38 bits per heavy atom. The minimum atomic E-state index is 0.446. The Morgan fingerprint density at radius 1 is 1.10 bits per heavy atom. The van der Waals surface area contributed by atoms with Crippen molar-refractivity contribution in [3.05, 3.63) is 35.7 Å². The monoisotopic (exact) mass is 285 g/mol. The number of benzene rings is 1. The third-order valence-electron chi connectivity index (χ3n) is 4.09. The Labute approximate surface area is 125 Å². The maximum absolute atomic E-state index is 5.76. The Morgan fingerprint density at radius 2 is 1.76 bits per heavy atom. The lowest BCUT2D eigenvalue weighted by atomic mass is 10.2. The normalized spacial score (nSPS) is 14.9. The zero-order valence-corrected chi connectivity index (χ0v) is 12.6. The van der Waals surface area contributed by atoms with Crippen LogP contribution in [-0.2, 0) is 13.0 Å². The number of rotatable bonds is 5. The quantitative estimate of drug-likeness (QED) is 0.915. The molecule has 2 N–H and O–H groups in total. The summed E-state index contributed by atoms with van der Waals surface area (Å²) in [6, 6.07) is 8.62. The number of anilines is 1. The van der Waals surface area contributed by atoms with Crippen molar-refractivity contribution >= 4 is 5.69 Å². The van der Waals surface area contributed by atoms with Crippen molar-refractivity contribution in [1.29, 1.82) is 0 Å². The smallest absolute Gasteiger partial charge is 0.0999 e. The van der Waals surface area contributed by atoms with Gasteiger partial charge in [-0.3, -0.25) is 0 Å². The van der Waals surface area contributed by atoms with Gasteiger partial charge in [-0.15, -0.1) is 5.10 Å². The van der Waals surface area contributed by atoms with Crippen LogP contribution in [0.15, 0.2) is 24.3 Å². The zero-order valence-electron chi connectivity index (χ0n) is 12.6. The molecule has 1 saturated heterocycles. The molecule has 21 heavy (non-hydrogen) atoms. The number of nitrogens with two attached hydrogens (primary N) is 1. The molecule has 0 radical (unpaired) electrons. The second kappa shape index (κ2) is 6.26. The van der Waals surface area contributed by atoms with Crippen LogP contribution in [-0.4, -0.2) is 28.1 Å². The highest BCUT2D eigenvalue weighted by Gasteiger charge is 2.14. The summed E-state index contributed by atoms with van der Waals surface area (Å²) in [6.45, 7) is 4.94. The highest BCUT2D eigenvalue weighted by atomic mass is 15.4. The fourth-order valence-electron chi connectivity index (χ4n) is 2.97. The van der Waals surface area contributed by atoms with Gasteiger partial charge in [0.05, 0.1) is 17.1 Å². The Hall–Kier alpha value is -1.88. The van der Waals surface area contributed by atoms with Crippen LogP contribution in [0, 0.1) is 0 Å². The van der Waals surface area contributed by atoms with Gasteiger partial charge in [0.15, 0.2) is 0 Å². The maximum atomic E-state index is 5.76. The summed E-state index contributed by atoms with van der Waals surface area (Å²) in [7, 11) is 0. The Balaban J connectivity index is 1.88. The highest BCUT2D eigenvalue weighted by Crippen LogP contribution is 2.22.